The van der Waals surface area contributed by atoms with Gasteiger partial charge in [0.1, 0.15) is 0 Å². The maximum Gasteiger partial charge on any atom is 0 e. The molecule has 0 aromatic carbocycles. The zero-order valence-electron chi connectivity index (χ0n) is 8.50. The van der Waals surface area contributed by atoms with Crippen LogP contribution in [-0.2, 0) is 0 Å². The molecule has 0 amide bonds. The van der Waals surface area contributed by atoms with E-state index < -0.39 is 0 Å². The van der Waals surface area contributed by atoms with Crippen molar-refractivity contribution in [3.63, 3.8) is 0 Å². The standard InChI is InChI=1S/6H2O2.2O2.3H2O/c8*1-2;;;/h6*1-2H;;;3*1H2. The molecule has 0 aromatic heterocycles. The molecule has 0 bridgehead atoms. The van der Waals surface area contributed by atoms with Gasteiger partial charge in [0.2, 0.25) is 0 Å². The molecule has 18 N–H and O–H groups in total. The summed E-state index contributed by atoms with van der Waals surface area (Å²) in [4.78, 5) is 28.0. The van der Waals surface area contributed by atoms with E-state index in [0.29, 0.717) is 0 Å². The average Bonchev–Trinajstić information content (AvgIpc) is 2.54. The fourth-order valence-corrected chi connectivity index (χ4v) is 0. The Labute approximate surface area is 101 Å². The topological polar surface area (TPSA) is 406 Å². The molecule has 0 fully saturated rings. The van der Waals surface area contributed by atoms with E-state index in [4.69, 9.17) is 82.9 Å². The third kappa shape index (κ3) is 1810. The van der Waals surface area contributed by atoms with E-state index in [9.17, 15) is 0 Å². The third-order valence-corrected chi connectivity index (χ3v) is 0. The highest BCUT2D eigenvalue weighted by molar-refractivity contribution is 4.08. The highest BCUT2D eigenvalue weighted by Gasteiger charge is 0.756. The van der Waals surface area contributed by atoms with Crippen molar-refractivity contribution in [3.05, 3.63) is 19.9 Å². The van der Waals surface area contributed by atoms with Gasteiger partial charge in [0.05, 0.1) is 0 Å². The second-order valence-electron chi connectivity index (χ2n) is 0. The smallest absolute Gasteiger partial charge is 0 e. The van der Waals surface area contributed by atoms with Crippen molar-refractivity contribution in [1.82, 2.24) is 0 Å². The summed E-state index contributed by atoms with van der Waals surface area (Å²) in [6.07, 6.45) is 0. The van der Waals surface area contributed by atoms with E-state index in [-0.39, 0.29) is 16.4 Å². The second-order valence-corrected chi connectivity index (χ2v) is 0. The summed E-state index contributed by atoms with van der Waals surface area (Å²) in [7, 11) is 0. The Morgan fingerprint density at radius 2 is 0.263 bits per heavy atom. The van der Waals surface area contributed by atoms with Crippen LogP contribution in [0.4, 0.5) is 0 Å². The molecule has 0 aliphatic carbocycles. The zero-order chi connectivity index (χ0) is 16.0. The van der Waals surface area contributed by atoms with Gasteiger partial charge in [0.15, 0.2) is 0 Å². The summed E-state index contributed by atoms with van der Waals surface area (Å²) in [6.45, 7) is 0. The van der Waals surface area contributed by atoms with Gasteiger partial charge >= 0.3 is 0 Å². The van der Waals surface area contributed by atoms with Gasteiger partial charge in [-0.15, -0.1) is 0 Å². The summed E-state index contributed by atoms with van der Waals surface area (Å²) < 4.78 is 0. The van der Waals surface area contributed by atoms with Crippen LogP contribution in [0.3, 0.4) is 0 Å². The minimum absolute atomic E-state index is 0. The van der Waals surface area contributed by atoms with Gasteiger partial charge in [-0.3, -0.25) is 63.1 Å². The first kappa shape index (κ1) is 111. The van der Waals surface area contributed by atoms with Crippen LogP contribution in [-0.4, -0.2) is 79.5 Å². The SMILES string of the molecule is O.O.O.O=O.O=O.OO.OO.OO.OO.OO.OO. The Morgan fingerprint density at radius 1 is 0.263 bits per heavy atom. The predicted octanol–water partition coefficient (Wildman–Crippen LogP) is -2.24. The van der Waals surface area contributed by atoms with Crippen molar-refractivity contribution in [2.24, 2.45) is 0 Å². The maximum atomic E-state index is 7.00. The van der Waals surface area contributed by atoms with Crippen LogP contribution in [0.5, 0.6) is 0 Å². The van der Waals surface area contributed by atoms with Crippen LogP contribution in [0.25, 0.3) is 0 Å². The molecule has 0 aliphatic rings. The molecule has 19 nitrogen and oxygen atoms in total. The molecule has 0 aromatic rings. The molecule has 0 aliphatic heterocycles. The molecule has 0 spiro atoms. The lowest BCUT2D eigenvalue weighted by molar-refractivity contribution is -0.176. The molecule has 19 heteroatoms. The van der Waals surface area contributed by atoms with E-state index in [2.05, 4.69) is 0 Å². The van der Waals surface area contributed by atoms with Crippen molar-refractivity contribution in [2.75, 3.05) is 0 Å². The molecule has 0 atom stereocenters. The summed E-state index contributed by atoms with van der Waals surface area (Å²) in [5.41, 5.74) is 0. The Hall–Kier alpha value is -1.40. The van der Waals surface area contributed by atoms with Gasteiger partial charge < -0.3 is 16.4 Å². The van der Waals surface area contributed by atoms with E-state index in [0.717, 1.165) is 0 Å². The molecule has 0 heterocycles. The van der Waals surface area contributed by atoms with E-state index in [1.54, 1.807) is 0 Å². The van der Waals surface area contributed by atoms with Crippen LogP contribution in [0.15, 0.2) is 0 Å². The van der Waals surface area contributed by atoms with Gasteiger partial charge in [-0.2, -0.15) is 0 Å². The Bertz CT molecular complexity index is 2.00. The quantitative estimate of drug-likeness (QED) is 0.165. The van der Waals surface area contributed by atoms with Gasteiger partial charge in [-0.25, -0.2) is 0 Å². The number of hydrogen-bond acceptors (Lipinski definition) is 16. The van der Waals surface area contributed by atoms with Gasteiger partial charge in [0, 0.05) is 19.9 Å². The van der Waals surface area contributed by atoms with Gasteiger partial charge in [0.25, 0.3) is 0 Å². The van der Waals surface area contributed by atoms with E-state index in [1.165, 1.54) is 0 Å². The van der Waals surface area contributed by atoms with Crippen molar-refractivity contribution < 1.29 is 79.5 Å². The summed E-state index contributed by atoms with van der Waals surface area (Å²) in [5, 5.41) is 72.0. The average molecular weight is 322 g/mol. The molecule has 0 unspecified atom stereocenters. The minimum atomic E-state index is 0. The first-order valence-corrected chi connectivity index (χ1v) is 1.53. The predicted molar refractivity (Wildman–Crippen MR) is 55.9 cm³/mol. The van der Waals surface area contributed by atoms with Crippen molar-refractivity contribution in [1.29, 1.82) is 0 Å². The zero-order valence-corrected chi connectivity index (χ0v) is 8.50. The van der Waals surface area contributed by atoms with Crippen molar-refractivity contribution >= 4 is 0 Å². The molecule has 0 rings (SSSR count). The third-order valence-electron chi connectivity index (χ3n) is 0. The van der Waals surface area contributed by atoms with Gasteiger partial charge in [-0.1, -0.05) is 0 Å². The van der Waals surface area contributed by atoms with Crippen LogP contribution >= 0.6 is 0 Å². The van der Waals surface area contributed by atoms with Crippen LogP contribution < -0.4 is 0 Å². The highest BCUT2D eigenvalue weighted by atomic mass is 17.0. The first-order chi connectivity index (χ1) is 8.00. The molecular formula is H18O19. The van der Waals surface area contributed by atoms with Crippen LogP contribution in [0.1, 0.15) is 0 Å². The molecule has 0 saturated carbocycles. The maximum absolute atomic E-state index is 7.00. The largest absolute Gasteiger partial charge is 0.412 e. The fraction of sp³-hybridized carbons (Fsp3) is 0. The molecule has 19 heavy (non-hydrogen) atoms. The van der Waals surface area contributed by atoms with Crippen LogP contribution in [0, 0.1) is 19.9 Å². The molecule has 132 valence electrons. The number of hydrogen-bond donors (Lipinski definition) is 12. The molecule has 0 radical (unpaired) electrons. The summed E-state index contributed by atoms with van der Waals surface area (Å²) in [6, 6.07) is 0. The van der Waals surface area contributed by atoms with E-state index in [1.807, 2.05) is 0 Å². The number of rotatable bonds is 0. The van der Waals surface area contributed by atoms with Crippen molar-refractivity contribution in [3.8, 4) is 0 Å². The van der Waals surface area contributed by atoms with Crippen LogP contribution in [0.2, 0.25) is 0 Å². The van der Waals surface area contributed by atoms with Gasteiger partial charge in [-0.05, 0) is 0 Å². The summed E-state index contributed by atoms with van der Waals surface area (Å²) >= 11 is 0. The second kappa shape index (κ2) is 2060. The Balaban J connectivity index is -0.00000000418. The lowest BCUT2D eigenvalue weighted by Gasteiger charge is -1.25. The lowest BCUT2D eigenvalue weighted by Crippen LogP contribution is -1.29. The Kier molecular flexibility index (Phi) is 12100. The summed E-state index contributed by atoms with van der Waals surface area (Å²) in [5.74, 6) is 0. The lowest BCUT2D eigenvalue weighted by atomic mass is 15.0. The first-order valence-electron chi connectivity index (χ1n) is 1.53. The minimum Gasteiger partial charge on any atom is -0.412 e. The Morgan fingerprint density at radius 3 is 0.263 bits per heavy atom. The molecule has 0 saturated heterocycles. The highest BCUT2D eigenvalue weighted by Crippen LogP contribution is 0.745. The monoisotopic (exact) mass is 322 g/mol. The van der Waals surface area contributed by atoms with E-state index >= 15 is 0 Å². The fourth-order valence-electron chi connectivity index (χ4n) is 0. The van der Waals surface area contributed by atoms with Crippen molar-refractivity contribution in [2.45, 2.75) is 0 Å². The normalized spacial score (nSPS) is 2.32. The molecular weight excluding hydrogens is 304 g/mol.